The van der Waals surface area contributed by atoms with Gasteiger partial charge < -0.3 is 5.32 Å². The topological polar surface area (TPSA) is 15.3 Å². The molecule has 0 bridgehead atoms. The van der Waals surface area contributed by atoms with Crippen LogP contribution in [0.15, 0.2) is 18.2 Å². The number of hydrogen-bond donors (Lipinski definition) is 1. The van der Waals surface area contributed by atoms with E-state index in [9.17, 15) is 0 Å². The number of benzene rings is 1. The van der Waals surface area contributed by atoms with Crippen molar-refractivity contribution in [3.8, 4) is 0 Å². The summed E-state index contributed by atoms with van der Waals surface area (Å²) in [7, 11) is 2.11. The summed E-state index contributed by atoms with van der Waals surface area (Å²) in [6, 6.07) is 7.41. The van der Waals surface area contributed by atoms with E-state index in [2.05, 4.69) is 63.2 Å². The Morgan fingerprint density at radius 2 is 1.62 bits per heavy atom. The van der Waals surface area contributed by atoms with Gasteiger partial charge in [-0.25, -0.2) is 0 Å². The summed E-state index contributed by atoms with van der Waals surface area (Å²) < 4.78 is 0. The molecule has 2 heteroatoms. The molecule has 1 saturated heterocycles. The molecule has 2 rings (SSSR count). The first-order valence-electron chi connectivity index (χ1n) is 8.43. The smallest absolute Gasteiger partial charge is 0.0309 e. The molecule has 118 valence electrons. The van der Waals surface area contributed by atoms with E-state index in [1.165, 1.54) is 49.0 Å². The monoisotopic (exact) mass is 288 g/mol. The molecule has 0 aliphatic carbocycles. The van der Waals surface area contributed by atoms with E-state index in [1.54, 1.807) is 0 Å². The molecule has 1 unspecified atom stereocenters. The van der Waals surface area contributed by atoms with Crippen LogP contribution in [-0.4, -0.2) is 36.6 Å². The fourth-order valence-electron chi connectivity index (χ4n) is 3.82. The minimum Gasteiger partial charge on any atom is -0.315 e. The highest BCUT2D eigenvalue weighted by molar-refractivity contribution is 5.29. The Morgan fingerprint density at radius 1 is 1.05 bits per heavy atom. The van der Waals surface area contributed by atoms with Crippen molar-refractivity contribution in [1.82, 2.24) is 10.2 Å². The van der Waals surface area contributed by atoms with E-state index < -0.39 is 0 Å². The normalized spacial score (nSPS) is 18.7. The van der Waals surface area contributed by atoms with Crippen molar-refractivity contribution in [3.63, 3.8) is 0 Å². The molecule has 21 heavy (non-hydrogen) atoms. The van der Waals surface area contributed by atoms with Gasteiger partial charge in [0.1, 0.15) is 0 Å². The molecule has 1 N–H and O–H groups in total. The quantitative estimate of drug-likeness (QED) is 0.889. The van der Waals surface area contributed by atoms with E-state index >= 15 is 0 Å². The van der Waals surface area contributed by atoms with Crippen LogP contribution in [-0.2, 0) is 6.42 Å². The molecule has 2 nitrogen and oxygen atoms in total. The second-order valence-electron chi connectivity index (χ2n) is 7.24. The average molecular weight is 288 g/mol. The molecule has 0 saturated carbocycles. The molecule has 0 spiro atoms. The number of nitrogens with one attached hydrogen (secondary N) is 1. The summed E-state index contributed by atoms with van der Waals surface area (Å²) in [4.78, 5) is 2.68. The van der Waals surface area contributed by atoms with Crippen LogP contribution in [0.2, 0.25) is 0 Å². The van der Waals surface area contributed by atoms with Gasteiger partial charge in [0.15, 0.2) is 0 Å². The Morgan fingerprint density at radius 3 is 2.14 bits per heavy atom. The maximum atomic E-state index is 3.59. The number of likely N-dealkylation sites (tertiary alicyclic amines) is 1. The van der Waals surface area contributed by atoms with Crippen LogP contribution < -0.4 is 5.32 Å². The van der Waals surface area contributed by atoms with Crippen molar-refractivity contribution < 1.29 is 0 Å². The van der Waals surface area contributed by atoms with Gasteiger partial charge in [-0.1, -0.05) is 35.7 Å². The van der Waals surface area contributed by atoms with Crippen molar-refractivity contribution in [2.75, 3.05) is 20.1 Å². The summed E-state index contributed by atoms with van der Waals surface area (Å²) in [5, 5.41) is 3.59. The second-order valence-corrected chi connectivity index (χ2v) is 7.24. The standard InChI is InChI=1S/C19H32N2/c1-15-11-16(2)13-17(12-15)14-18(20-5)19(3,4)21-9-7-6-8-10-21/h11-13,18,20H,6-10,14H2,1-5H3. The van der Waals surface area contributed by atoms with Gasteiger partial charge >= 0.3 is 0 Å². The van der Waals surface area contributed by atoms with Gasteiger partial charge in [0.2, 0.25) is 0 Å². The zero-order valence-electron chi connectivity index (χ0n) is 14.5. The average Bonchev–Trinajstić information content (AvgIpc) is 2.44. The zero-order valence-corrected chi connectivity index (χ0v) is 14.5. The van der Waals surface area contributed by atoms with E-state index in [4.69, 9.17) is 0 Å². The van der Waals surface area contributed by atoms with Crippen molar-refractivity contribution in [1.29, 1.82) is 0 Å². The van der Waals surface area contributed by atoms with Crippen LogP contribution in [0.4, 0.5) is 0 Å². The summed E-state index contributed by atoms with van der Waals surface area (Å²) in [5.74, 6) is 0. The molecule has 1 fully saturated rings. The molecule has 1 aromatic carbocycles. The van der Waals surface area contributed by atoms with Crippen LogP contribution in [0.25, 0.3) is 0 Å². The number of nitrogens with zero attached hydrogens (tertiary/aromatic N) is 1. The Balaban J connectivity index is 2.13. The summed E-state index contributed by atoms with van der Waals surface area (Å²) in [6.07, 6.45) is 5.20. The summed E-state index contributed by atoms with van der Waals surface area (Å²) >= 11 is 0. The molecule has 1 aliphatic heterocycles. The first-order chi connectivity index (χ1) is 9.93. The lowest BCUT2D eigenvalue weighted by atomic mass is 9.85. The Labute approximate surface area is 130 Å². The number of hydrogen-bond acceptors (Lipinski definition) is 2. The number of rotatable bonds is 5. The fourth-order valence-corrected chi connectivity index (χ4v) is 3.82. The van der Waals surface area contributed by atoms with Crippen LogP contribution in [0.5, 0.6) is 0 Å². The predicted octanol–water partition coefficient (Wildman–Crippen LogP) is 3.70. The summed E-state index contributed by atoms with van der Waals surface area (Å²) in [6.45, 7) is 11.7. The number of likely N-dealkylation sites (N-methyl/N-ethyl adjacent to an activating group) is 1. The lowest BCUT2D eigenvalue weighted by Crippen LogP contribution is -2.59. The van der Waals surface area contributed by atoms with Crippen molar-refractivity contribution in [3.05, 3.63) is 34.9 Å². The van der Waals surface area contributed by atoms with Crippen molar-refractivity contribution >= 4 is 0 Å². The van der Waals surface area contributed by atoms with Gasteiger partial charge in [-0.2, -0.15) is 0 Å². The van der Waals surface area contributed by atoms with E-state index in [0.717, 1.165) is 6.42 Å². The third-order valence-corrected chi connectivity index (χ3v) is 5.09. The Kier molecular flexibility index (Phi) is 5.45. The van der Waals surface area contributed by atoms with Crippen molar-refractivity contribution in [2.24, 2.45) is 0 Å². The second kappa shape index (κ2) is 6.93. The highest BCUT2D eigenvalue weighted by atomic mass is 15.2. The van der Waals surface area contributed by atoms with Gasteiger partial charge in [0.25, 0.3) is 0 Å². The van der Waals surface area contributed by atoms with Gasteiger partial charge in [-0.05, 0) is 72.7 Å². The molecule has 0 radical (unpaired) electrons. The Hall–Kier alpha value is -0.860. The number of aryl methyl sites for hydroxylation is 2. The third kappa shape index (κ3) is 4.08. The van der Waals surface area contributed by atoms with E-state index in [1.807, 2.05) is 0 Å². The van der Waals surface area contributed by atoms with Crippen molar-refractivity contribution in [2.45, 2.75) is 65.0 Å². The highest BCUT2D eigenvalue weighted by Gasteiger charge is 2.35. The minimum atomic E-state index is 0.201. The SMILES string of the molecule is CNC(Cc1cc(C)cc(C)c1)C(C)(C)N1CCCCC1. The van der Waals surface area contributed by atoms with E-state index in [-0.39, 0.29) is 5.54 Å². The van der Waals surface area contributed by atoms with Crippen LogP contribution >= 0.6 is 0 Å². The first kappa shape index (κ1) is 16.5. The van der Waals surface area contributed by atoms with Crippen LogP contribution in [0.1, 0.15) is 49.8 Å². The lowest BCUT2D eigenvalue weighted by Gasteiger charge is -2.46. The highest BCUT2D eigenvalue weighted by Crippen LogP contribution is 2.26. The zero-order chi connectivity index (χ0) is 15.5. The minimum absolute atomic E-state index is 0.201. The first-order valence-corrected chi connectivity index (χ1v) is 8.43. The van der Waals surface area contributed by atoms with E-state index in [0.29, 0.717) is 6.04 Å². The molecule has 0 aromatic heterocycles. The summed E-state index contributed by atoms with van der Waals surface area (Å²) in [5.41, 5.74) is 4.40. The predicted molar refractivity (Wildman–Crippen MR) is 92.0 cm³/mol. The third-order valence-electron chi connectivity index (χ3n) is 5.09. The van der Waals surface area contributed by atoms with Gasteiger partial charge in [0.05, 0.1) is 0 Å². The maximum Gasteiger partial charge on any atom is 0.0309 e. The van der Waals surface area contributed by atoms with Crippen LogP contribution in [0, 0.1) is 13.8 Å². The molecule has 1 heterocycles. The lowest BCUT2D eigenvalue weighted by molar-refractivity contribution is 0.0635. The van der Waals surface area contributed by atoms with Crippen LogP contribution in [0.3, 0.4) is 0 Å². The largest absolute Gasteiger partial charge is 0.315 e. The molecule has 1 aliphatic rings. The van der Waals surface area contributed by atoms with Gasteiger partial charge in [0, 0.05) is 11.6 Å². The molecule has 1 atom stereocenters. The maximum absolute atomic E-state index is 3.59. The fraction of sp³-hybridized carbons (Fsp3) is 0.684. The molecule has 1 aromatic rings. The molecular weight excluding hydrogens is 256 g/mol. The van der Waals surface area contributed by atoms with Gasteiger partial charge in [-0.3, -0.25) is 4.90 Å². The number of piperidine rings is 1. The van der Waals surface area contributed by atoms with Gasteiger partial charge in [-0.15, -0.1) is 0 Å². The molecule has 0 amide bonds. The Bertz CT molecular complexity index is 438. The molecular formula is C19H32N2.